The highest BCUT2D eigenvalue weighted by atomic mass is 32.1. The summed E-state index contributed by atoms with van der Waals surface area (Å²) < 4.78 is 44.2. The molecule has 1 aliphatic rings. The quantitative estimate of drug-likeness (QED) is 0.682. The number of rotatable bonds is 3. The SMILES string of the molecule is FC(F)(F)c1ccn(C2CCCN(c3nc(-c4ccccc4)ns3)C2)n1. The Hall–Kier alpha value is -2.42. The first kappa shape index (κ1) is 17.0. The third-order valence-corrected chi connectivity index (χ3v) is 5.16. The lowest BCUT2D eigenvalue weighted by Gasteiger charge is -2.32. The fourth-order valence-electron chi connectivity index (χ4n) is 3.09. The molecule has 1 atom stereocenters. The normalized spacial score (nSPS) is 18.3. The highest BCUT2D eigenvalue weighted by Gasteiger charge is 2.34. The molecule has 1 unspecified atom stereocenters. The molecule has 5 nitrogen and oxygen atoms in total. The van der Waals surface area contributed by atoms with E-state index in [-0.39, 0.29) is 6.04 Å². The molecule has 0 spiro atoms. The molecule has 26 heavy (non-hydrogen) atoms. The van der Waals surface area contributed by atoms with Crippen molar-refractivity contribution in [2.24, 2.45) is 0 Å². The van der Waals surface area contributed by atoms with Crippen LogP contribution in [0.25, 0.3) is 11.4 Å². The van der Waals surface area contributed by atoms with E-state index in [0.29, 0.717) is 12.4 Å². The molecule has 4 rings (SSSR count). The van der Waals surface area contributed by atoms with E-state index in [1.807, 2.05) is 30.3 Å². The molecule has 3 aromatic rings. The summed E-state index contributed by atoms with van der Waals surface area (Å²) in [6.45, 7) is 1.38. The van der Waals surface area contributed by atoms with Gasteiger partial charge in [0.1, 0.15) is 0 Å². The second-order valence-corrected chi connectivity index (χ2v) is 6.92. The number of piperidine rings is 1. The number of benzene rings is 1. The zero-order chi connectivity index (χ0) is 18.1. The predicted octanol–water partition coefficient (Wildman–Crippen LogP) is 4.26. The van der Waals surface area contributed by atoms with Gasteiger partial charge in [-0.2, -0.15) is 27.6 Å². The van der Waals surface area contributed by atoms with Crippen LogP contribution in [-0.4, -0.2) is 32.2 Å². The van der Waals surface area contributed by atoms with Gasteiger partial charge in [-0.25, -0.2) is 0 Å². The minimum atomic E-state index is -4.41. The molecule has 9 heteroatoms. The van der Waals surface area contributed by atoms with Crippen molar-refractivity contribution in [1.82, 2.24) is 19.1 Å². The van der Waals surface area contributed by atoms with Crippen LogP contribution in [0.4, 0.5) is 18.3 Å². The smallest absolute Gasteiger partial charge is 0.345 e. The first-order chi connectivity index (χ1) is 12.5. The van der Waals surface area contributed by atoms with Crippen molar-refractivity contribution in [3.8, 4) is 11.4 Å². The highest BCUT2D eigenvalue weighted by Crippen LogP contribution is 2.31. The van der Waals surface area contributed by atoms with E-state index < -0.39 is 11.9 Å². The summed E-state index contributed by atoms with van der Waals surface area (Å²) in [6.07, 6.45) is -1.35. The summed E-state index contributed by atoms with van der Waals surface area (Å²) in [5, 5.41) is 4.51. The second-order valence-electron chi connectivity index (χ2n) is 6.19. The Balaban J connectivity index is 1.51. The van der Waals surface area contributed by atoms with Gasteiger partial charge in [0, 0.05) is 36.4 Å². The van der Waals surface area contributed by atoms with Gasteiger partial charge in [0.05, 0.1) is 6.04 Å². The molecule has 0 aliphatic carbocycles. The summed E-state index contributed by atoms with van der Waals surface area (Å²) in [4.78, 5) is 6.68. The Labute approximate surface area is 152 Å². The van der Waals surface area contributed by atoms with Crippen molar-refractivity contribution in [2.45, 2.75) is 25.1 Å². The Morgan fingerprint density at radius 2 is 1.92 bits per heavy atom. The molecule has 1 saturated heterocycles. The number of anilines is 1. The zero-order valence-corrected chi connectivity index (χ0v) is 14.5. The molecular formula is C17H16F3N5S. The average molecular weight is 379 g/mol. The monoisotopic (exact) mass is 379 g/mol. The summed E-state index contributed by atoms with van der Waals surface area (Å²) >= 11 is 1.31. The van der Waals surface area contributed by atoms with Crippen LogP contribution in [0.15, 0.2) is 42.6 Å². The topological polar surface area (TPSA) is 46.8 Å². The first-order valence-electron chi connectivity index (χ1n) is 8.27. The van der Waals surface area contributed by atoms with Crippen LogP contribution >= 0.6 is 11.5 Å². The number of aromatic nitrogens is 4. The summed E-state index contributed by atoms with van der Waals surface area (Å²) in [7, 11) is 0. The van der Waals surface area contributed by atoms with Crippen LogP contribution in [-0.2, 0) is 6.18 Å². The van der Waals surface area contributed by atoms with Crippen molar-refractivity contribution >= 4 is 16.7 Å². The Kier molecular flexibility index (Phi) is 4.39. The number of hydrogen-bond donors (Lipinski definition) is 0. The van der Waals surface area contributed by atoms with Crippen LogP contribution < -0.4 is 4.90 Å². The molecular weight excluding hydrogens is 363 g/mol. The highest BCUT2D eigenvalue weighted by molar-refractivity contribution is 7.09. The Morgan fingerprint density at radius 3 is 2.65 bits per heavy atom. The number of halogens is 3. The Bertz CT molecular complexity index is 874. The maximum absolute atomic E-state index is 12.8. The standard InChI is InChI=1S/C17H16F3N5S/c18-17(19,20)14-8-10-25(22-14)13-7-4-9-24(11-13)16-21-15(23-26-16)12-5-2-1-3-6-12/h1-3,5-6,8,10,13H,4,7,9,11H2. The van der Waals surface area contributed by atoms with Crippen LogP contribution in [0.2, 0.25) is 0 Å². The molecule has 0 N–H and O–H groups in total. The van der Waals surface area contributed by atoms with Crippen LogP contribution in [0.3, 0.4) is 0 Å². The van der Waals surface area contributed by atoms with Crippen LogP contribution in [0.5, 0.6) is 0 Å². The van der Waals surface area contributed by atoms with E-state index in [4.69, 9.17) is 0 Å². The third-order valence-electron chi connectivity index (χ3n) is 4.39. The van der Waals surface area contributed by atoms with Gasteiger partial charge in [0.2, 0.25) is 5.13 Å². The zero-order valence-electron chi connectivity index (χ0n) is 13.7. The molecule has 0 amide bonds. The summed E-state index contributed by atoms with van der Waals surface area (Å²) in [5.41, 5.74) is 0.0994. The van der Waals surface area contributed by atoms with E-state index in [2.05, 4.69) is 19.4 Å². The minimum absolute atomic E-state index is 0.107. The largest absolute Gasteiger partial charge is 0.435 e. The van der Waals surface area contributed by atoms with Crippen molar-refractivity contribution in [3.63, 3.8) is 0 Å². The molecule has 136 valence electrons. The lowest BCUT2D eigenvalue weighted by molar-refractivity contribution is -0.141. The average Bonchev–Trinajstić information content (AvgIpc) is 3.32. The van der Waals surface area contributed by atoms with Gasteiger partial charge in [-0.1, -0.05) is 30.3 Å². The maximum Gasteiger partial charge on any atom is 0.435 e. The van der Waals surface area contributed by atoms with E-state index in [9.17, 15) is 13.2 Å². The van der Waals surface area contributed by atoms with Gasteiger partial charge in [-0.15, -0.1) is 0 Å². The fourth-order valence-corrected chi connectivity index (χ4v) is 3.81. The molecule has 2 aromatic heterocycles. The summed E-state index contributed by atoms with van der Waals surface area (Å²) in [5.74, 6) is 0.672. The van der Waals surface area contributed by atoms with Gasteiger partial charge in [0.15, 0.2) is 11.5 Å². The maximum atomic E-state index is 12.8. The van der Waals surface area contributed by atoms with Gasteiger partial charge >= 0.3 is 6.18 Å². The molecule has 1 aliphatic heterocycles. The number of nitrogens with zero attached hydrogens (tertiary/aromatic N) is 5. The predicted molar refractivity (Wildman–Crippen MR) is 93.1 cm³/mol. The van der Waals surface area contributed by atoms with Gasteiger partial charge in [-0.05, 0) is 18.9 Å². The minimum Gasteiger partial charge on any atom is -0.345 e. The van der Waals surface area contributed by atoms with E-state index >= 15 is 0 Å². The molecule has 0 radical (unpaired) electrons. The van der Waals surface area contributed by atoms with E-state index in [1.165, 1.54) is 22.4 Å². The molecule has 3 heterocycles. The van der Waals surface area contributed by atoms with Crippen LogP contribution in [0, 0.1) is 0 Å². The van der Waals surface area contributed by atoms with Gasteiger partial charge in [0.25, 0.3) is 0 Å². The van der Waals surface area contributed by atoms with Gasteiger partial charge < -0.3 is 4.90 Å². The summed E-state index contributed by atoms with van der Waals surface area (Å²) in [6, 6.07) is 10.6. The lowest BCUT2D eigenvalue weighted by atomic mass is 10.1. The third kappa shape index (κ3) is 3.44. The van der Waals surface area contributed by atoms with Crippen LogP contribution in [0.1, 0.15) is 24.6 Å². The van der Waals surface area contributed by atoms with Gasteiger partial charge in [-0.3, -0.25) is 4.68 Å². The van der Waals surface area contributed by atoms with E-state index in [1.54, 1.807) is 0 Å². The number of hydrogen-bond acceptors (Lipinski definition) is 5. The first-order valence-corrected chi connectivity index (χ1v) is 9.04. The number of alkyl halides is 3. The molecule has 1 fully saturated rings. The van der Waals surface area contributed by atoms with Crippen molar-refractivity contribution < 1.29 is 13.2 Å². The van der Waals surface area contributed by atoms with E-state index in [0.717, 1.165) is 36.1 Å². The van der Waals surface area contributed by atoms with Crippen molar-refractivity contribution in [1.29, 1.82) is 0 Å². The Morgan fingerprint density at radius 1 is 1.12 bits per heavy atom. The fraction of sp³-hybridized carbons (Fsp3) is 0.353. The van der Waals surface area contributed by atoms with Crippen molar-refractivity contribution in [3.05, 3.63) is 48.3 Å². The second kappa shape index (κ2) is 6.71. The molecule has 1 aromatic carbocycles. The molecule has 0 bridgehead atoms. The molecule has 0 saturated carbocycles. The lowest BCUT2D eigenvalue weighted by Crippen LogP contribution is -2.36. The van der Waals surface area contributed by atoms with Crippen molar-refractivity contribution in [2.75, 3.05) is 18.0 Å².